The molecule has 0 radical (unpaired) electrons. The normalized spacial score (nSPS) is 16.6. The second-order valence-corrected chi connectivity index (χ2v) is 7.46. The van der Waals surface area contributed by atoms with Gasteiger partial charge in [0.1, 0.15) is 11.6 Å². The Labute approximate surface area is 171 Å². The molecule has 0 spiro atoms. The van der Waals surface area contributed by atoms with Crippen LogP contribution < -0.4 is 10.1 Å². The van der Waals surface area contributed by atoms with E-state index >= 15 is 0 Å². The van der Waals surface area contributed by atoms with Crippen LogP contribution in [0, 0.1) is 19.8 Å². The summed E-state index contributed by atoms with van der Waals surface area (Å²) in [5, 5.41) is 2.93. The lowest BCUT2D eigenvalue weighted by atomic mass is 9.96. The molecule has 1 aliphatic rings. The van der Waals surface area contributed by atoms with Gasteiger partial charge in [-0.3, -0.25) is 9.59 Å². The molecule has 1 fully saturated rings. The largest absolute Gasteiger partial charge is 0.497 e. The van der Waals surface area contributed by atoms with Crippen LogP contribution in [0.5, 0.6) is 5.75 Å². The molecule has 2 amide bonds. The van der Waals surface area contributed by atoms with Crippen molar-refractivity contribution in [3.63, 3.8) is 0 Å². The maximum Gasteiger partial charge on any atom is 0.225 e. The lowest BCUT2D eigenvalue weighted by Crippen LogP contribution is -2.46. The summed E-state index contributed by atoms with van der Waals surface area (Å²) in [6.07, 6.45) is 1.73. The molecular weight excluding hydrogens is 368 g/mol. The van der Waals surface area contributed by atoms with Crippen LogP contribution in [0.15, 0.2) is 30.3 Å². The van der Waals surface area contributed by atoms with Crippen LogP contribution >= 0.6 is 0 Å². The SMILES string of the molecule is COc1ccc(CCN2CC(C(=O)NCc3nc(C)cc(C)n3)CCC2=O)cc1. The van der Waals surface area contributed by atoms with Crippen molar-refractivity contribution in [1.29, 1.82) is 0 Å². The molecule has 1 atom stereocenters. The Hall–Kier alpha value is -2.96. The number of hydrogen-bond acceptors (Lipinski definition) is 5. The third-order valence-corrected chi connectivity index (χ3v) is 5.15. The fourth-order valence-corrected chi connectivity index (χ4v) is 3.59. The first-order valence-corrected chi connectivity index (χ1v) is 9.94. The second kappa shape index (κ2) is 9.49. The summed E-state index contributed by atoms with van der Waals surface area (Å²) in [4.78, 5) is 35.4. The number of ether oxygens (including phenoxy) is 1. The van der Waals surface area contributed by atoms with E-state index in [0.717, 1.165) is 29.1 Å². The van der Waals surface area contributed by atoms with E-state index in [0.29, 0.717) is 38.3 Å². The van der Waals surface area contributed by atoms with Crippen molar-refractivity contribution in [1.82, 2.24) is 20.2 Å². The Bertz CT molecular complexity index is 847. The number of nitrogens with zero attached hydrogens (tertiary/aromatic N) is 3. The molecule has 29 heavy (non-hydrogen) atoms. The Balaban J connectivity index is 1.52. The van der Waals surface area contributed by atoms with E-state index in [-0.39, 0.29) is 17.7 Å². The summed E-state index contributed by atoms with van der Waals surface area (Å²) in [7, 11) is 1.64. The molecule has 154 valence electrons. The van der Waals surface area contributed by atoms with Crippen LogP contribution in [0.2, 0.25) is 0 Å². The number of carbonyl (C=O) groups is 2. The summed E-state index contributed by atoms with van der Waals surface area (Å²) in [6, 6.07) is 9.73. The number of piperidine rings is 1. The molecule has 0 saturated carbocycles. The summed E-state index contributed by atoms with van der Waals surface area (Å²) >= 11 is 0. The van der Waals surface area contributed by atoms with Gasteiger partial charge in [-0.25, -0.2) is 9.97 Å². The molecule has 3 rings (SSSR count). The third kappa shape index (κ3) is 5.76. The summed E-state index contributed by atoms with van der Waals surface area (Å²) < 4.78 is 5.17. The second-order valence-electron chi connectivity index (χ2n) is 7.46. The van der Waals surface area contributed by atoms with E-state index < -0.39 is 0 Å². The maximum absolute atomic E-state index is 12.6. The van der Waals surface area contributed by atoms with Crippen molar-refractivity contribution in [2.45, 2.75) is 39.7 Å². The summed E-state index contributed by atoms with van der Waals surface area (Å²) in [5.74, 6) is 1.29. The van der Waals surface area contributed by atoms with Crippen molar-refractivity contribution in [2.24, 2.45) is 5.92 Å². The van der Waals surface area contributed by atoms with E-state index in [2.05, 4.69) is 15.3 Å². The molecule has 1 aliphatic heterocycles. The van der Waals surface area contributed by atoms with Crippen LogP contribution in [0.1, 0.15) is 35.6 Å². The van der Waals surface area contributed by atoms with E-state index in [1.165, 1.54) is 0 Å². The molecule has 1 aromatic heterocycles. The number of carbonyl (C=O) groups excluding carboxylic acids is 2. The summed E-state index contributed by atoms with van der Waals surface area (Å²) in [6.45, 7) is 5.18. The zero-order chi connectivity index (χ0) is 20.8. The minimum atomic E-state index is -0.200. The molecule has 1 saturated heterocycles. The number of aryl methyl sites for hydroxylation is 2. The lowest BCUT2D eigenvalue weighted by Gasteiger charge is -2.32. The van der Waals surface area contributed by atoms with Gasteiger partial charge < -0.3 is 15.0 Å². The first kappa shape index (κ1) is 20.8. The number of likely N-dealkylation sites (tertiary alicyclic amines) is 1. The molecule has 1 unspecified atom stereocenters. The molecule has 0 aliphatic carbocycles. The fourth-order valence-electron chi connectivity index (χ4n) is 3.59. The molecule has 7 heteroatoms. The van der Waals surface area contributed by atoms with Crippen LogP contribution in [0.25, 0.3) is 0 Å². The van der Waals surface area contributed by atoms with Gasteiger partial charge in [0.15, 0.2) is 0 Å². The number of rotatable bonds is 7. The molecule has 1 N–H and O–H groups in total. The van der Waals surface area contributed by atoms with Gasteiger partial charge in [-0.05, 0) is 50.5 Å². The van der Waals surface area contributed by atoms with Crippen molar-refractivity contribution in [3.8, 4) is 5.75 Å². The maximum atomic E-state index is 12.6. The van der Waals surface area contributed by atoms with Crippen LogP contribution in [-0.2, 0) is 22.6 Å². The Morgan fingerprint density at radius 3 is 2.55 bits per heavy atom. The van der Waals surface area contributed by atoms with Gasteiger partial charge in [0.25, 0.3) is 0 Å². The quantitative estimate of drug-likeness (QED) is 0.776. The number of hydrogen-bond donors (Lipinski definition) is 1. The minimum Gasteiger partial charge on any atom is -0.497 e. The predicted octanol–water partition coefficient (Wildman–Crippen LogP) is 2.20. The Morgan fingerprint density at radius 1 is 1.21 bits per heavy atom. The monoisotopic (exact) mass is 396 g/mol. The average molecular weight is 396 g/mol. The topological polar surface area (TPSA) is 84.4 Å². The average Bonchev–Trinajstić information content (AvgIpc) is 2.71. The van der Waals surface area contributed by atoms with Crippen LogP contribution in [0.4, 0.5) is 0 Å². The van der Waals surface area contributed by atoms with Crippen molar-refractivity contribution in [3.05, 3.63) is 53.1 Å². The highest BCUT2D eigenvalue weighted by molar-refractivity contribution is 5.83. The minimum absolute atomic E-state index is 0.0466. The number of nitrogens with one attached hydrogen (secondary N) is 1. The van der Waals surface area contributed by atoms with E-state index in [4.69, 9.17) is 4.74 Å². The zero-order valence-corrected chi connectivity index (χ0v) is 17.3. The first-order chi connectivity index (χ1) is 13.9. The Morgan fingerprint density at radius 2 is 1.90 bits per heavy atom. The number of benzene rings is 1. The van der Waals surface area contributed by atoms with Gasteiger partial charge in [0.05, 0.1) is 19.6 Å². The molecule has 7 nitrogen and oxygen atoms in total. The van der Waals surface area contributed by atoms with Crippen molar-refractivity contribution < 1.29 is 14.3 Å². The fraction of sp³-hybridized carbons (Fsp3) is 0.455. The highest BCUT2D eigenvalue weighted by Crippen LogP contribution is 2.19. The zero-order valence-electron chi connectivity index (χ0n) is 17.3. The number of methoxy groups -OCH3 is 1. The molecule has 2 aromatic rings. The van der Waals surface area contributed by atoms with Gasteiger partial charge >= 0.3 is 0 Å². The van der Waals surface area contributed by atoms with Crippen molar-refractivity contribution >= 4 is 11.8 Å². The number of amides is 2. The lowest BCUT2D eigenvalue weighted by molar-refractivity contribution is -0.138. The molecule has 1 aromatic carbocycles. The van der Waals surface area contributed by atoms with E-state index in [1.54, 1.807) is 12.0 Å². The summed E-state index contributed by atoms with van der Waals surface area (Å²) in [5.41, 5.74) is 2.90. The first-order valence-electron chi connectivity index (χ1n) is 9.94. The van der Waals surface area contributed by atoms with Gasteiger partial charge in [-0.1, -0.05) is 12.1 Å². The third-order valence-electron chi connectivity index (χ3n) is 5.15. The molecule has 2 heterocycles. The van der Waals surface area contributed by atoms with Crippen LogP contribution in [0.3, 0.4) is 0 Å². The number of aromatic nitrogens is 2. The van der Waals surface area contributed by atoms with Crippen LogP contribution in [-0.4, -0.2) is 46.9 Å². The standard InChI is InChI=1S/C22H28N4O3/c1-15-12-16(2)25-20(24-15)13-23-22(28)18-6-9-21(27)26(14-18)11-10-17-4-7-19(29-3)8-5-17/h4-5,7-8,12,18H,6,9-11,13-14H2,1-3H3,(H,23,28). The highest BCUT2D eigenvalue weighted by atomic mass is 16.5. The highest BCUT2D eigenvalue weighted by Gasteiger charge is 2.29. The van der Waals surface area contributed by atoms with E-state index in [1.807, 2.05) is 44.2 Å². The van der Waals surface area contributed by atoms with Gasteiger partial charge in [-0.2, -0.15) is 0 Å². The Kier molecular flexibility index (Phi) is 6.80. The van der Waals surface area contributed by atoms with Gasteiger partial charge in [0.2, 0.25) is 11.8 Å². The smallest absolute Gasteiger partial charge is 0.225 e. The molecule has 0 bridgehead atoms. The van der Waals surface area contributed by atoms with Crippen molar-refractivity contribution in [2.75, 3.05) is 20.2 Å². The van der Waals surface area contributed by atoms with Gasteiger partial charge in [-0.15, -0.1) is 0 Å². The predicted molar refractivity (Wildman–Crippen MR) is 109 cm³/mol. The van der Waals surface area contributed by atoms with E-state index in [9.17, 15) is 9.59 Å². The van der Waals surface area contributed by atoms with Gasteiger partial charge in [0, 0.05) is 30.9 Å². The molecular formula is C22H28N4O3.